The minimum Gasteiger partial charge on any atom is -0.496 e. The predicted octanol–water partition coefficient (Wildman–Crippen LogP) is 0.449. The van der Waals surface area contributed by atoms with Crippen LogP contribution in [0, 0.1) is 6.92 Å². The molecule has 1 aromatic carbocycles. The van der Waals surface area contributed by atoms with Crippen LogP contribution in [0.1, 0.15) is 17.2 Å². The van der Waals surface area contributed by atoms with Crippen LogP contribution in [-0.2, 0) is 4.79 Å². The highest BCUT2D eigenvalue weighted by atomic mass is 16.5. The van der Waals surface area contributed by atoms with Crippen LogP contribution in [0.3, 0.4) is 0 Å². The third kappa shape index (κ3) is 2.50. The van der Waals surface area contributed by atoms with E-state index in [1.54, 1.807) is 32.2 Å². The van der Waals surface area contributed by atoms with Crippen molar-refractivity contribution in [1.82, 2.24) is 0 Å². The summed E-state index contributed by atoms with van der Waals surface area (Å²) >= 11 is 0. The lowest BCUT2D eigenvalue weighted by Gasteiger charge is -2.16. The average molecular weight is 225 g/mol. The third-order valence-corrected chi connectivity index (χ3v) is 2.39. The van der Waals surface area contributed by atoms with Gasteiger partial charge in [-0.3, -0.25) is 4.79 Å². The summed E-state index contributed by atoms with van der Waals surface area (Å²) in [5.74, 6) is -0.555. The number of methoxy groups -OCH3 is 1. The van der Waals surface area contributed by atoms with Gasteiger partial charge in [-0.25, -0.2) is 0 Å². The van der Waals surface area contributed by atoms with E-state index in [0.717, 1.165) is 5.56 Å². The number of rotatable bonds is 4. The van der Waals surface area contributed by atoms with Crippen LogP contribution < -0.4 is 10.5 Å². The quantitative estimate of drug-likeness (QED) is 0.691. The highest BCUT2D eigenvalue weighted by molar-refractivity contribution is 5.74. The Labute approximate surface area is 93.5 Å². The van der Waals surface area contributed by atoms with Crippen LogP contribution in [0.5, 0.6) is 5.75 Å². The number of aryl methyl sites for hydroxylation is 1. The number of benzene rings is 1. The molecule has 0 aliphatic heterocycles. The van der Waals surface area contributed by atoms with Gasteiger partial charge in [0.2, 0.25) is 0 Å². The molecule has 0 aromatic heterocycles. The number of aliphatic hydroxyl groups is 1. The third-order valence-electron chi connectivity index (χ3n) is 2.39. The molecule has 5 heteroatoms. The van der Waals surface area contributed by atoms with Crippen molar-refractivity contribution in [2.45, 2.75) is 19.1 Å². The first-order valence-corrected chi connectivity index (χ1v) is 4.78. The number of aliphatic hydroxyl groups excluding tert-OH is 1. The van der Waals surface area contributed by atoms with Crippen LogP contribution in [0.4, 0.5) is 0 Å². The number of aliphatic carboxylic acids is 1. The molecule has 2 unspecified atom stereocenters. The van der Waals surface area contributed by atoms with Crippen LogP contribution in [0.2, 0.25) is 0 Å². The van der Waals surface area contributed by atoms with Crippen LogP contribution in [0.25, 0.3) is 0 Å². The molecule has 0 saturated heterocycles. The number of hydrogen-bond acceptors (Lipinski definition) is 4. The van der Waals surface area contributed by atoms with Gasteiger partial charge in [0.25, 0.3) is 0 Å². The number of carbonyl (C=O) groups is 1. The maximum Gasteiger partial charge on any atom is 0.323 e. The Balaban J connectivity index is 2.97. The molecule has 5 nitrogen and oxygen atoms in total. The normalized spacial score (nSPS) is 14.2. The highest BCUT2D eigenvalue weighted by Gasteiger charge is 2.23. The predicted molar refractivity (Wildman–Crippen MR) is 58.3 cm³/mol. The molecule has 0 heterocycles. The van der Waals surface area contributed by atoms with Gasteiger partial charge in [-0.2, -0.15) is 0 Å². The molecule has 0 radical (unpaired) electrons. The van der Waals surface area contributed by atoms with Crippen LogP contribution >= 0.6 is 0 Å². The molecule has 2 atom stereocenters. The fraction of sp³-hybridized carbons (Fsp3) is 0.364. The summed E-state index contributed by atoms with van der Waals surface area (Å²) in [6.07, 6.45) is -1.22. The molecule has 0 saturated carbocycles. The standard InChI is InChI=1S/C11H15NO4/c1-6-5-7(3-4-8(6)16-2)10(13)9(12)11(14)15/h3-5,9-10,13H,12H2,1-2H3,(H,14,15). The van der Waals surface area contributed by atoms with E-state index in [1.807, 2.05) is 0 Å². The van der Waals surface area contributed by atoms with Crippen molar-refractivity contribution < 1.29 is 19.7 Å². The Morgan fingerprint density at radius 3 is 2.56 bits per heavy atom. The van der Waals surface area contributed by atoms with Gasteiger partial charge in [0, 0.05) is 0 Å². The fourth-order valence-corrected chi connectivity index (χ4v) is 1.43. The molecule has 0 aliphatic carbocycles. The molecule has 1 rings (SSSR count). The van der Waals surface area contributed by atoms with Gasteiger partial charge in [-0.05, 0) is 30.2 Å². The van der Waals surface area contributed by atoms with E-state index in [1.165, 1.54) is 0 Å². The SMILES string of the molecule is COc1ccc(C(O)C(N)C(=O)O)cc1C. The lowest BCUT2D eigenvalue weighted by Crippen LogP contribution is -2.36. The van der Waals surface area contributed by atoms with Crippen molar-refractivity contribution >= 4 is 5.97 Å². The minimum atomic E-state index is -1.33. The first kappa shape index (κ1) is 12.5. The molecular formula is C11H15NO4. The monoisotopic (exact) mass is 225 g/mol. The van der Waals surface area contributed by atoms with Crippen molar-refractivity contribution in [2.24, 2.45) is 5.73 Å². The molecular weight excluding hydrogens is 210 g/mol. The Kier molecular flexibility index (Phi) is 3.87. The summed E-state index contributed by atoms with van der Waals surface area (Å²) in [5.41, 5.74) is 6.61. The van der Waals surface area contributed by atoms with Gasteiger partial charge in [-0.15, -0.1) is 0 Å². The molecule has 1 aromatic rings. The Morgan fingerprint density at radius 1 is 1.50 bits per heavy atom. The first-order valence-electron chi connectivity index (χ1n) is 4.78. The fourth-order valence-electron chi connectivity index (χ4n) is 1.43. The van der Waals surface area contributed by atoms with Crippen LogP contribution in [0.15, 0.2) is 18.2 Å². The Bertz CT molecular complexity index is 392. The molecule has 88 valence electrons. The van der Waals surface area contributed by atoms with Gasteiger partial charge in [0.05, 0.1) is 7.11 Å². The van der Waals surface area contributed by atoms with Gasteiger partial charge in [-0.1, -0.05) is 6.07 Å². The highest BCUT2D eigenvalue weighted by Crippen LogP contribution is 2.23. The second-order valence-electron chi connectivity index (χ2n) is 3.54. The van der Waals surface area contributed by atoms with Crippen LogP contribution in [-0.4, -0.2) is 29.3 Å². The van der Waals surface area contributed by atoms with E-state index in [4.69, 9.17) is 15.6 Å². The molecule has 16 heavy (non-hydrogen) atoms. The smallest absolute Gasteiger partial charge is 0.323 e. The largest absolute Gasteiger partial charge is 0.496 e. The molecule has 0 aliphatic rings. The summed E-state index contributed by atoms with van der Waals surface area (Å²) in [4.78, 5) is 10.6. The van der Waals surface area contributed by atoms with Crippen molar-refractivity contribution in [3.63, 3.8) is 0 Å². The number of nitrogens with two attached hydrogens (primary N) is 1. The van der Waals surface area contributed by atoms with Crippen molar-refractivity contribution in [3.8, 4) is 5.75 Å². The summed E-state index contributed by atoms with van der Waals surface area (Å²) in [6, 6.07) is 3.60. The van der Waals surface area contributed by atoms with Crippen molar-refractivity contribution in [2.75, 3.05) is 7.11 Å². The van der Waals surface area contributed by atoms with Gasteiger partial charge in [0.15, 0.2) is 0 Å². The Hall–Kier alpha value is -1.59. The summed E-state index contributed by atoms with van der Waals surface area (Å²) in [6.45, 7) is 1.81. The van der Waals surface area contributed by atoms with E-state index in [9.17, 15) is 9.90 Å². The molecule has 4 N–H and O–H groups in total. The van der Waals surface area contributed by atoms with E-state index in [2.05, 4.69) is 0 Å². The molecule has 0 amide bonds. The topological polar surface area (TPSA) is 92.8 Å². The van der Waals surface area contributed by atoms with Gasteiger partial charge < -0.3 is 20.7 Å². The maximum atomic E-state index is 10.6. The number of ether oxygens (including phenoxy) is 1. The summed E-state index contributed by atoms with van der Waals surface area (Å²) in [7, 11) is 1.54. The number of carboxylic acids is 1. The maximum absolute atomic E-state index is 10.6. The lowest BCUT2D eigenvalue weighted by molar-refractivity contribution is -0.141. The molecule has 0 fully saturated rings. The number of hydrogen-bond donors (Lipinski definition) is 3. The van der Waals surface area contributed by atoms with Crippen molar-refractivity contribution in [3.05, 3.63) is 29.3 Å². The number of carboxylic acid groups (broad SMARTS) is 1. The zero-order chi connectivity index (χ0) is 12.3. The zero-order valence-electron chi connectivity index (χ0n) is 9.18. The van der Waals surface area contributed by atoms with E-state index < -0.39 is 18.1 Å². The Morgan fingerprint density at radius 2 is 2.12 bits per heavy atom. The van der Waals surface area contributed by atoms with Gasteiger partial charge >= 0.3 is 5.97 Å². The lowest BCUT2D eigenvalue weighted by atomic mass is 10.0. The van der Waals surface area contributed by atoms with Crippen molar-refractivity contribution in [1.29, 1.82) is 0 Å². The second-order valence-corrected chi connectivity index (χ2v) is 3.54. The summed E-state index contributed by atoms with van der Waals surface area (Å²) < 4.78 is 5.06. The van der Waals surface area contributed by atoms with E-state index in [-0.39, 0.29) is 0 Å². The first-order chi connectivity index (χ1) is 7.47. The van der Waals surface area contributed by atoms with Gasteiger partial charge in [0.1, 0.15) is 17.9 Å². The average Bonchev–Trinajstić information content (AvgIpc) is 2.26. The minimum absolute atomic E-state index is 0.466. The zero-order valence-corrected chi connectivity index (χ0v) is 9.18. The molecule has 0 spiro atoms. The molecule has 0 bridgehead atoms. The second kappa shape index (κ2) is 4.96. The van der Waals surface area contributed by atoms with E-state index >= 15 is 0 Å². The summed E-state index contributed by atoms with van der Waals surface area (Å²) in [5, 5.41) is 18.4. The van der Waals surface area contributed by atoms with E-state index in [0.29, 0.717) is 11.3 Å².